The number of hydrogen-bond donors (Lipinski definition) is 3. The van der Waals surface area contributed by atoms with Gasteiger partial charge in [-0.15, -0.1) is 0 Å². The third kappa shape index (κ3) is 4.95. The summed E-state index contributed by atoms with van der Waals surface area (Å²) in [5.74, 6) is -1.97. The van der Waals surface area contributed by atoms with Crippen LogP contribution in [0.25, 0.3) is 0 Å². The van der Waals surface area contributed by atoms with Crippen molar-refractivity contribution in [3.63, 3.8) is 0 Å². The molecule has 0 bridgehead atoms. The van der Waals surface area contributed by atoms with E-state index in [4.69, 9.17) is 0 Å². The van der Waals surface area contributed by atoms with Crippen LogP contribution in [0.2, 0.25) is 0 Å². The van der Waals surface area contributed by atoms with Gasteiger partial charge in [-0.3, -0.25) is 14.4 Å². The van der Waals surface area contributed by atoms with Crippen molar-refractivity contribution in [2.45, 2.75) is 32.9 Å². The summed E-state index contributed by atoms with van der Waals surface area (Å²) in [6, 6.07) is 10.7. The van der Waals surface area contributed by atoms with E-state index in [1.807, 2.05) is 6.07 Å². The number of benzene rings is 1. The Hall–Kier alpha value is -3.30. The minimum atomic E-state index is -0.979. The molecule has 29 heavy (non-hydrogen) atoms. The van der Waals surface area contributed by atoms with Crippen molar-refractivity contribution in [3.05, 3.63) is 34.9 Å². The van der Waals surface area contributed by atoms with Crippen molar-refractivity contribution in [2.75, 3.05) is 10.6 Å². The molecule has 150 valence electrons. The van der Waals surface area contributed by atoms with E-state index >= 15 is 0 Å². The fraction of sp³-hybridized carbons (Fsp3) is 0.350. The Morgan fingerprint density at radius 3 is 2.21 bits per heavy atom. The van der Waals surface area contributed by atoms with Crippen molar-refractivity contribution in [1.29, 1.82) is 10.5 Å². The summed E-state index contributed by atoms with van der Waals surface area (Å²) in [4.78, 5) is 35.8. The van der Waals surface area contributed by atoms with Crippen molar-refractivity contribution in [2.24, 2.45) is 11.3 Å². The molecule has 8 nitrogen and oxygen atoms in total. The molecule has 0 aliphatic carbocycles. The largest absolute Gasteiger partial charge is 0.326 e. The lowest BCUT2D eigenvalue weighted by atomic mass is 9.72. The van der Waals surface area contributed by atoms with E-state index in [1.165, 1.54) is 6.92 Å². The van der Waals surface area contributed by atoms with Crippen LogP contribution in [0.5, 0.6) is 0 Å². The van der Waals surface area contributed by atoms with Gasteiger partial charge in [0.15, 0.2) is 0 Å². The summed E-state index contributed by atoms with van der Waals surface area (Å²) in [5, 5.41) is 26.5. The number of thioether (sulfide) groups is 1. The summed E-state index contributed by atoms with van der Waals surface area (Å²) in [6.07, 6.45) is 0. The van der Waals surface area contributed by atoms with Crippen LogP contribution >= 0.6 is 11.8 Å². The maximum absolute atomic E-state index is 12.5. The van der Waals surface area contributed by atoms with Gasteiger partial charge in [0.05, 0.1) is 28.0 Å². The van der Waals surface area contributed by atoms with E-state index in [9.17, 15) is 24.9 Å². The number of nitrogens with zero attached hydrogens (tertiary/aromatic N) is 2. The van der Waals surface area contributed by atoms with Crippen LogP contribution in [-0.2, 0) is 14.4 Å². The molecule has 0 unspecified atom stereocenters. The summed E-state index contributed by atoms with van der Waals surface area (Å²) in [5.41, 5.74) is 0.474. The molecule has 1 aliphatic heterocycles. The summed E-state index contributed by atoms with van der Waals surface area (Å²) in [6.45, 7) is 6.40. The molecule has 3 N–H and O–H groups in total. The average Bonchev–Trinajstić information content (AvgIpc) is 2.62. The van der Waals surface area contributed by atoms with Gasteiger partial charge in [0.25, 0.3) is 0 Å². The second-order valence-electron chi connectivity index (χ2n) is 7.10. The predicted molar refractivity (Wildman–Crippen MR) is 110 cm³/mol. The topological polar surface area (TPSA) is 135 Å². The number of nitrogens with one attached hydrogen (secondary N) is 3. The molecular formula is C20H21N5O3S. The number of carbonyl (C=O) groups is 3. The number of carbonyl (C=O) groups excluding carboxylic acids is 3. The van der Waals surface area contributed by atoms with Gasteiger partial charge in [-0.2, -0.15) is 10.5 Å². The maximum atomic E-state index is 12.5. The van der Waals surface area contributed by atoms with Gasteiger partial charge in [0, 0.05) is 23.7 Å². The Labute approximate surface area is 173 Å². The molecule has 2 atom stereocenters. The van der Waals surface area contributed by atoms with Gasteiger partial charge < -0.3 is 16.0 Å². The van der Waals surface area contributed by atoms with E-state index in [0.29, 0.717) is 11.4 Å². The fourth-order valence-electron chi connectivity index (χ4n) is 2.83. The number of amides is 3. The van der Waals surface area contributed by atoms with Gasteiger partial charge in [-0.25, -0.2) is 0 Å². The highest BCUT2D eigenvalue weighted by molar-refractivity contribution is 8.04. The Morgan fingerprint density at radius 2 is 1.72 bits per heavy atom. The standard InChI is InChI=1S/C20H21N5O3S/c1-11(17(27)24-14-7-5-13(6-8-14)23-12(2)26)29-19-16(10-22)20(3,4)15(9-21)18(28)25-19/h5-8,11,15H,1-4H3,(H,23,26)(H,24,27)(H,25,28)/t11-,15-/m0/s1. The molecule has 9 heteroatoms. The molecular weight excluding hydrogens is 390 g/mol. The quantitative estimate of drug-likeness (QED) is 0.682. The zero-order valence-electron chi connectivity index (χ0n) is 16.5. The first kappa shape index (κ1) is 22.0. The Bertz CT molecular complexity index is 954. The van der Waals surface area contributed by atoms with Gasteiger partial charge in [0.2, 0.25) is 17.7 Å². The SMILES string of the molecule is CC(=O)Nc1ccc(NC(=O)[C@H](C)SC2=C(C#N)C(C)(C)[C@@H](C#N)C(=O)N2)cc1. The lowest BCUT2D eigenvalue weighted by Gasteiger charge is -2.35. The van der Waals surface area contributed by atoms with Crippen LogP contribution in [0.3, 0.4) is 0 Å². The van der Waals surface area contributed by atoms with E-state index in [-0.39, 0.29) is 22.4 Å². The van der Waals surface area contributed by atoms with E-state index < -0.39 is 22.5 Å². The Balaban J connectivity index is 2.13. The van der Waals surface area contributed by atoms with Crippen LogP contribution in [0.1, 0.15) is 27.7 Å². The monoisotopic (exact) mass is 411 g/mol. The highest BCUT2D eigenvalue weighted by atomic mass is 32.2. The van der Waals surface area contributed by atoms with Gasteiger partial charge in [-0.05, 0) is 31.2 Å². The number of nitriles is 2. The summed E-state index contributed by atoms with van der Waals surface area (Å²) >= 11 is 1.06. The highest BCUT2D eigenvalue weighted by Gasteiger charge is 2.45. The Morgan fingerprint density at radius 1 is 1.17 bits per heavy atom. The molecule has 0 spiro atoms. The molecule has 3 amide bonds. The lowest BCUT2D eigenvalue weighted by Crippen LogP contribution is -2.45. The highest BCUT2D eigenvalue weighted by Crippen LogP contribution is 2.42. The molecule has 2 rings (SSSR count). The second-order valence-corrected chi connectivity index (χ2v) is 8.45. The van der Waals surface area contributed by atoms with E-state index in [0.717, 1.165) is 11.8 Å². The van der Waals surface area contributed by atoms with Crippen molar-refractivity contribution >= 4 is 40.9 Å². The molecule has 0 aromatic heterocycles. The molecule has 0 radical (unpaired) electrons. The van der Waals surface area contributed by atoms with Crippen molar-refractivity contribution in [3.8, 4) is 12.1 Å². The number of hydrogen-bond acceptors (Lipinski definition) is 6. The molecule has 1 heterocycles. The van der Waals surface area contributed by atoms with E-state index in [1.54, 1.807) is 45.0 Å². The number of anilines is 2. The average molecular weight is 411 g/mol. The second kappa shape index (κ2) is 8.80. The third-order valence-electron chi connectivity index (χ3n) is 4.47. The normalized spacial score (nSPS) is 18.7. The number of rotatable bonds is 5. The molecule has 1 aromatic rings. The van der Waals surface area contributed by atoms with Crippen LogP contribution in [0.4, 0.5) is 11.4 Å². The minimum Gasteiger partial charge on any atom is -0.326 e. The summed E-state index contributed by atoms with van der Waals surface area (Å²) in [7, 11) is 0. The summed E-state index contributed by atoms with van der Waals surface area (Å²) < 4.78 is 0. The van der Waals surface area contributed by atoms with Crippen LogP contribution in [0, 0.1) is 34.0 Å². The zero-order valence-corrected chi connectivity index (χ0v) is 17.3. The first-order chi connectivity index (χ1) is 13.6. The molecule has 0 fully saturated rings. The third-order valence-corrected chi connectivity index (χ3v) is 5.58. The van der Waals surface area contributed by atoms with Crippen LogP contribution in [0.15, 0.2) is 34.9 Å². The molecule has 1 aliphatic rings. The van der Waals surface area contributed by atoms with Gasteiger partial charge >= 0.3 is 0 Å². The molecule has 0 saturated carbocycles. The first-order valence-electron chi connectivity index (χ1n) is 8.80. The van der Waals surface area contributed by atoms with Crippen LogP contribution < -0.4 is 16.0 Å². The minimum absolute atomic E-state index is 0.190. The fourth-order valence-corrected chi connectivity index (χ4v) is 3.93. The number of allylic oxidation sites excluding steroid dienone is 1. The molecule has 1 aromatic carbocycles. The zero-order chi connectivity index (χ0) is 21.8. The first-order valence-corrected chi connectivity index (χ1v) is 9.68. The van der Waals surface area contributed by atoms with E-state index in [2.05, 4.69) is 22.0 Å². The van der Waals surface area contributed by atoms with Crippen LogP contribution in [-0.4, -0.2) is 23.0 Å². The van der Waals surface area contributed by atoms with Gasteiger partial charge in [-0.1, -0.05) is 25.6 Å². The van der Waals surface area contributed by atoms with Crippen molar-refractivity contribution in [1.82, 2.24) is 5.32 Å². The lowest BCUT2D eigenvalue weighted by molar-refractivity contribution is -0.125. The maximum Gasteiger partial charge on any atom is 0.243 e. The molecule has 0 saturated heterocycles. The smallest absolute Gasteiger partial charge is 0.243 e. The van der Waals surface area contributed by atoms with Gasteiger partial charge in [0.1, 0.15) is 5.92 Å². The predicted octanol–water partition coefficient (Wildman–Crippen LogP) is 2.74. The Kier molecular flexibility index (Phi) is 6.68. The van der Waals surface area contributed by atoms with Crippen molar-refractivity contribution < 1.29 is 14.4 Å².